The molecule has 0 saturated carbocycles. The van der Waals surface area contributed by atoms with Crippen LogP contribution in [0.3, 0.4) is 0 Å². The van der Waals surface area contributed by atoms with Crippen LogP contribution < -0.4 is 5.32 Å². The van der Waals surface area contributed by atoms with E-state index >= 15 is 0 Å². The van der Waals surface area contributed by atoms with Crippen molar-refractivity contribution in [2.75, 3.05) is 39.4 Å². The van der Waals surface area contributed by atoms with E-state index in [9.17, 15) is 0 Å². The van der Waals surface area contributed by atoms with Crippen LogP contribution >= 0.6 is 0 Å². The number of piperidine rings is 1. The minimum Gasteiger partial charge on any atom is -0.380 e. The number of likely N-dealkylation sites (tertiary alicyclic amines) is 1. The van der Waals surface area contributed by atoms with E-state index in [2.05, 4.69) is 17.1 Å². The lowest BCUT2D eigenvalue weighted by molar-refractivity contribution is 0.107. The summed E-state index contributed by atoms with van der Waals surface area (Å²) in [6.45, 7) is 8.94. The van der Waals surface area contributed by atoms with Crippen molar-refractivity contribution in [3.05, 3.63) is 0 Å². The number of nitrogens with one attached hydrogen (secondary N) is 1. The van der Waals surface area contributed by atoms with Crippen molar-refractivity contribution in [2.24, 2.45) is 5.92 Å². The van der Waals surface area contributed by atoms with E-state index in [-0.39, 0.29) is 0 Å². The molecule has 3 nitrogen and oxygen atoms in total. The molecule has 0 amide bonds. The zero-order chi connectivity index (χ0) is 11.2. The van der Waals surface area contributed by atoms with Gasteiger partial charge >= 0.3 is 0 Å². The first kappa shape index (κ1) is 12.3. The van der Waals surface area contributed by atoms with Crippen LogP contribution in [0.25, 0.3) is 0 Å². The van der Waals surface area contributed by atoms with Gasteiger partial charge in [0.2, 0.25) is 0 Å². The Hall–Kier alpha value is -0.120. The minimum absolute atomic E-state index is 0.768. The van der Waals surface area contributed by atoms with Crippen LogP contribution in [0.1, 0.15) is 32.6 Å². The second-order valence-electron chi connectivity index (χ2n) is 5.19. The Kier molecular flexibility index (Phi) is 5.07. The Morgan fingerprint density at radius 3 is 3.06 bits per heavy atom. The molecular formula is C13H26N2O. The summed E-state index contributed by atoms with van der Waals surface area (Å²) in [6, 6.07) is 0.768. The van der Waals surface area contributed by atoms with Gasteiger partial charge in [0.25, 0.3) is 0 Å². The molecule has 2 atom stereocenters. The van der Waals surface area contributed by atoms with Gasteiger partial charge < -0.3 is 10.1 Å². The molecule has 3 heteroatoms. The van der Waals surface area contributed by atoms with Gasteiger partial charge in [-0.3, -0.25) is 4.90 Å². The molecule has 1 N–H and O–H groups in total. The topological polar surface area (TPSA) is 24.5 Å². The Balaban J connectivity index is 1.57. The van der Waals surface area contributed by atoms with Crippen molar-refractivity contribution in [1.29, 1.82) is 0 Å². The van der Waals surface area contributed by atoms with E-state index in [1.54, 1.807) is 0 Å². The number of hydrogen-bond donors (Lipinski definition) is 1. The summed E-state index contributed by atoms with van der Waals surface area (Å²) in [4.78, 5) is 2.57. The van der Waals surface area contributed by atoms with Gasteiger partial charge in [-0.25, -0.2) is 0 Å². The van der Waals surface area contributed by atoms with E-state index in [1.165, 1.54) is 45.3 Å². The standard InChI is InChI=1S/C13H26N2O/c1-2-3-8-16-9-7-15-10-12-5-4-6-14-13(12)11-15/h12-14H,2-11H2,1H3/t12-,13+/m0/s1. The molecule has 0 aromatic rings. The van der Waals surface area contributed by atoms with Crippen molar-refractivity contribution < 1.29 is 4.74 Å². The Labute approximate surface area is 99.5 Å². The Bertz CT molecular complexity index is 184. The molecule has 2 rings (SSSR count). The van der Waals surface area contributed by atoms with Crippen LogP contribution in [0.4, 0.5) is 0 Å². The number of unbranched alkanes of at least 4 members (excludes halogenated alkanes) is 1. The number of hydrogen-bond acceptors (Lipinski definition) is 3. The third-order valence-corrected chi connectivity index (χ3v) is 3.87. The molecule has 2 aliphatic rings. The normalized spacial score (nSPS) is 30.6. The fourth-order valence-corrected chi connectivity index (χ4v) is 2.86. The summed E-state index contributed by atoms with van der Waals surface area (Å²) in [6.07, 6.45) is 5.22. The summed E-state index contributed by atoms with van der Waals surface area (Å²) >= 11 is 0. The minimum atomic E-state index is 0.768. The van der Waals surface area contributed by atoms with Crippen LogP contribution in [-0.2, 0) is 4.74 Å². The molecule has 2 saturated heterocycles. The van der Waals surface area contributed by atoms with Crippen molar-refractivity contribution in [3.8, 4) is 0 Å². The first-order chi connectivity index (χ1) is 7.90. The highest BCUT2D eigenvalue weighted by atomic mass is 16.5. The third-order valence-electron chi connectivity index (χ3n) is 3.87. The molecule has 0 aromatic carbocycles. The first-order valence-corrected chi connectivity index (χ1v) is 6.93. The van der Waals surface area contributed by atoms with Crippen molar-refractivity contribution in [2.45, 2.75) is 38.6 Å². The number of rotatable bonds is 6. The van der Waals surface area contributed by atoms with Gasteiger partial charge in [-0.15, -0.1) is 0 Å². The highest BCUT2D eigenvalue weighted by molar-refractivity contribution is 4.91. The maximum atomic E-state index is 5.63. The van der Waals surface area contributed by atoms with Gasteiger partial charge in [0.05, 0.1) is 6.61 Å². The zero-order valence-electron chi connectivity index (χ0n) is 10.6. The lowest BCUT2D eigenvalue weighted by atomic mass is 9.94. The highest BCUT2D eigenvalue weighted by Gasteiger charge is 2.33. The van der Waals surface area contributed by atoms with Crippen LogP contribution in [0.2, 0.25) is 0 Å². The van der Waals surface area contributed by atoms with Crippen LogP contribution in [0.5, 0.6) is 0 Å². The summed E-state index contributed by atoms with van der Waals surface area (Å²) in [5.41, 5.74) is 0. The molecule has 16 heavy (non-hydrogen) atoms. The molecule has 2 aliphatic heterocycles. The average Bonchev–Trinajstić information content (AvgIpc) is 2.71. The summed E-state index contributed by atoms with van der Waals surface area (Å²) in [5, 5.41) is 3.64. The summed E-state index contributed by atoms with van der Waals surface area (Å²) in [5.74, 6) is 0.907. The highest BCUT2D eigenvalue weighted by Crippen LogP contribution is 2.24. The van der Waals surface area contributed by atoms with Gasteiger partial charge in [0.15, 0.2) is 0 Å². The second-order valence-corrected chi connectivity index (χ2v) is 5.19. The van der Waals surface area contributed by atoms with Gasteiger partial charge in [-0.2, -0.15) is 0 Å². The number of nitrogens with zero attached hydrogens (tertiary/aromatic N) is 1. The van der Waals surface area contributed by atoms with Crippen molar-refractivity contribution in [3.63, 3.8) is 0 Å². The van der Waals surface area contributed by atoms with E-state index in [4.69, 9.17) is 4.74 Å². The molecule has 0 radical (unpaired) electrons. The molecule has 94 valence electrons. The van der Waals surface area contributed by atoms with Crippen LogP contribution in [0, 0.1) is 5.92 Å². The van der Waals surface area contributed by atoms with Crippen LogP contribution in [0.15, 0.2) is 0 Å². The van der Waals surface area contributed by atoms with E-state index < -0.39 is 0 Å². The van der Waals surface area contributed by atoms with Crippen molar-refractivity contribution >= 4 is 0 Å². The maximum Gasteiger partial charge on any atom is 0.0593 e. The monoisotopic (exact) mass is 226 g/mol. The van der Waals surface area contributed by atoms with E-state index in [0.717, 1.165) is 31.7 Å². The summed E-state index contributed by atoms with van der Waals surface area (Å²) < 4.78 is 5.63. The summed E-state index contributed by atoms with van der Waals surface area (Å²) in [7, 11) is 0. The molecule has 0 bridgehead atoms. The largest absolute Gasteiger partial charge is 0.380 e. The molecule has 0 spiro atoms. The van der Waals surface area contributed by atoms with Gasteiger partial charge in [0.1, 0.15) is 0 Å². The number of fused-ring (bicyclic) bond motifs is 1. The molecule has 0 aromatic heterocycles. The zero-order valence-corrected chi connectivity index (χ0v) is 10.6. The van der Waals surface area contributed by atoms with Gasteiger partial charge in [-0.05, 0) is 31.7 Å². The third kappa shape index (κ3) is 3.44. The predicted molar refractivity (Wildman–Crippen MR) is 66.7 cm³/mol. The fraction of sp³-hybridized carbons (Fsp3) is 1.00. The number of ether oxygens (including phenoxy) is 1. The smallest absolute Gasteiger partial charge is 0.0593 e. The Morgan fingerprint density at radius 2 is 2.25 bits per heavy atom. The quantitative estimate of drug-likeness (QED) is 0.694. The lowest BCUT2D eigenvalue weighted by Gasteiger charge is -2.24. The average molecular weight is 226 g/mol. The molecule has 2 fully saturated rings. The maximum absolute atomic E-state index is 5.63. The van der Waals surface area contributed by atoms with Gasteiger partial charge in [0, 0.05) is 32.3 Å². The predicted octanol–water partition coefficient (Wildman–Crippen LogP) is 1.49. The fourth-order valence-electron chi connectivity index (χ4n) is 2.86. The molecule has 0 aliphatic carbocycles. The second kappa shape index (κ2) is 6.58. The lowest BCUT2D eigenvalue weighted by Crippen LogP contribution is -2.40. The van der Waals surface area contributed by atoms with Crippen LogP contribution in [-0.4, -0.2) is 50.3 Å². The first-order valence-electron chi connectivity index (χ1n) is 6.93. The Morgan fingerprint density at radius 1 is 1.31 bits per heavy atom. The SMILES string of the molecule is CCCCOCCN1C[C@@H]2CCCN[C@@H]2C1. The van der Waals surface area contributed by atoms with Gasteiger partial charge in [-0.1, -0.05) is 13.3 Å². The molecule has 2 heterocycles. The molecule has 0 unspecified atom stereocenters. The van der Waals surface area contributed by atoms with E-state index in [0.29, 0.717) is 0 Å². The molecular weight excluding hydrogens is 200 g/mol. The van der Waals surface area contributed by atoms with E-state index in [1.807, 2.05) is 0 Å². The van der Waals surface area contributed by atoms with Crippen molar-refractivity contribution in [1.82, 2.24) is 10.2 Å².